The number of esters is 1. The molecule has 3 heterocycles. The van der Waals surface area contributed by atoms with Crippen molar-refractivity contribution < 1.29 is 38.9 Å². The molecule has 2 fully saturated rings. The molecule has 5 aromatic carbocycles. The van der Waals surface area contributed by atoms with Gasteiger partial charge in [0.1, 0.15) is 29.9 Å². The summed E-state index contributed by atoms with van der Waals surface area (Å²) in [7, 11) is 0. The van der Waals surface area contributed by atoms with E-state index in [4.69, 9.17) is 9.47 Å². The zero-order chi connectivity index (χ0) is 44.1. The van der Waals surface area contributed by atoms with Gasteiger partial charge in [-0.1, -0.05) is 121 Å². The standard InChI is InChI=1S/C51H48N4O8/c1-3-28-52-47(58)42-44-48(59)63-45(37-20-11-6-12-21-37)43(36-18-9-5-10-19-36)55(44)46(38-23-25-39(26-24-38)62-31-30-57)51(42)40-32-34(15-13-14-29-56)22-27-41(40)54(49(51)60)50(61)53-33(2)35-16-7-4-8-17-35/h3-12,16-27,32-33,42-46,56-57H,1,14,28-31H2,2H3,(H,52,58)(H,53,61)/t33-,42-,43-,44-,45+,46+,51-/m1/s1. The number of nitrogens with zero attached hydrogens (tertiary/aromatic N) is 2. The lowest BCUT2D eigenvalue weighted by atomic mass is 9.65. The minimum Gasteiger partial charge on any atom is -0.491 e. The van der Waals surface area contributed by atoms with Gasteiger partial charge in [-0.3, -0.25) is 19.3 Å². The molecule has 0 aromatic heterocycles. The summed E-state index contributed by atoms with van der Waals surface area (Å²) in [5.74, 6) is 2.99. The Morgan fingerprint density at radius 3 is 2.17 bits per heavy atom. The van der Waals surface area contributed by atoms with Crippen LogP contribution in [-0.4, -0.2) is 71.3 Å². The first-order valence-electron chi connectivity index (χ1n) is 21.0. The smallest absolute Gasteiger partial charge is 0.329 e. The van der Waals surface area contributed by atoms with Gasteiger partial charge in [-0.05, 0) is 65.1 Å². The van der Waals surface area contributed by atoms with Gasteiger partial charge in [-0.25, -0.2) is 9.69 Å². The molecule has 5 aromatic rings. The monoisotopic (exact) mass is 844 g/mol. The van der Waals surface area contributed by atoms with Crippen molar-refractivity contribution in [2.45, 2.75) is 49.0 Å². The van der Waals surface area contributed by atoms with Crippen LogP contribution < -0.4 is 20.3 Å². The van der Waals surface area contributed by atoms with Crippen molar-refractivity contribution in [3.63, 3.8) is 0 Å². The summed E-state index contributed by atoms with van der Waals surface area (Å²) in [6.07, 6.45) is 0.812. The first kappa shape index (κ1) is 42.6. The number of rotatable bonds is 12. The molecule has 7 atom stereocenters. The predicted octanol–water partition coefficient (Wildman–Crippen LogP) is 6.23. The van der Waals surface area contributed by atoms with Gasteiger partial charge in [0.25, 0.3) is 0 Å². The van der Waals surface area contributed by atoms with Crippen molar-refractivity contribution in [1.29, 1.82) is 0 Å². The molecule has 4 N–H and O–H groups in total. The van der Waals surface area contributed by atoms with Crippen molar-refractivity contribution in [2.24, 2.45) is 5.92 Å². The minimum absolute atomic E-state index is 0.0238. The number of fused-ring (bicyclic) bond motifs is 3. The van der Waals surface area contributed by atoms with Crippen molar-refractivity contribution in [3.05, 3.63) is 179 Å². The molecule has 3 aliphatic heterocycles. The summed E-state index contributed by atoms with van der Waals surface area (Å²) in [6, 6.07) is 35.8. The first-order valence-corrected chi connectivity index (χ1v) is 21.0. The second-order valence-electron chi connectivity index (χ2n) is 15.7. The third-order valence-corrected chi connectivity index (χ3v) is 12.0. The van der Waals surface area contributed by atoms with E-state index in [1.54, 1.807) is 42.5 Å². The number of hydrogen-bond donors (Lipinski definition) is 4. The van der Waals surface area contributed by atoms with Gasteiger partial charge in [-0.2, -0.15) is 0 Å². The highest BCUT2D eigenvalue weighted by molar-refractivity contribution is 6.24. The number of aliphatic hydroxyl groups excluding tert-OH is 2. The summed E-state index contributed by atoms with van der Waals surface area (Å²) >= 11 is 0. The molecule has 4 amide bonds. The van der Waals surface area contributed by atoms with E-state index in [9.17, 15) is 15.0 Å². The Morgan fingerprint density at radius 1 is 0.857 bits per heavy atom. The van der Waals surface area contributed by atoms with Gasteiger partial charge < -0.3 is 30.3 Å². The molecule has 12 heteroatoms. The topological polar surface area (TPSA) is 158 Å². The largest absolute Gasteiger partial charge is 0.491 e. The fourth-order valence-electron chi connectivity index (χ4n) is 9.47. The fraction of sp³-hybridized carbons (Fsp3) is 0.255. The maximum atomic E-state index is 16.3. The van der Waals surface area contributed by atoms with Crippen molar-refractivity contribution >= 4 is 29.5 Å². The van der Waals surface area contributed by atoms with E-state index in [1.807, 2.05) is 103 Å². The van der Waals surface area contributed by atoms with E-state index >= 15 is 14.4 Å². The number of amides is 4. The van der Waals surface area contributed by atoms with E-state index in [0.717, 1.165) is 16.0 Å². The van der Waals surface area contributed by atoms with Crippen molar-refractivity contribution in [2.75, 3.05) is 31.3 Å². The lowest BCUT2D eigenvalue weighted by Gasteiger charge is -2.46. The van der Waals surface area contributed by atoms with Crippen molar-refractivity contribution in [3.8, 4) is 17.6 Å². The molecule has 0 unspecified atom stereocenters. The average Bonchev–Trinajstić information content (AvgIpc) is 3.77. The van der Waals surface area contributed by atoms with Crippen LogP contribution in [0.2, 0.25) is 0 Å². The highest BCUT2D eigenvalue weighted by Gasteiger charge is 2.75. The molecule has 2 saturated heterocycles. The summed E-state index contributed by atoms with van der Waals surface area (Å²) < 4.78 is 12.3. The maximum Gasteiger partial charge on any atom is 0.329 e. The van der Waals surface area contributed by atoms with Crippen molar-refractivity contribution in [1.82, 2.24) is 15.5 Å². The third kappa shape index (κ3) is 7.76. The molecule has 3 aliphatic rings. The number of nitrogens with one attached hydrogen (secondary N) is 2. The summed E-state index contributed by atoms with van der Waals surface area (Å²) in [6.45, 7) is 5.33. The molecule has 320 valence electrons. The van der Waals surface area contributed by atoms with Crippen LogP contribution in [0.5, 0.6) is 5.75 Å². The van der Waals surface area contributed by atoms with Crippen LogP contribution in [0.1, 0.15) is 71.0 Å². The molecule has 0 bridgehead atoms. The summed E-state index contributed by atoms with van der Waals surface area (Å²) in [5, 5.41) is 25.1. The van der Waals surface area contributed by atoms with E-state index in [-0.39, 0.29) is 38.5 Å². The van der Waals surface area contributed by atoms with Crippen LogP contribution in [0.15, 0.2) is 146 Å². The Kier molecular flexibility index (Phi) is 12.5. The van der Waals surface area contributed by atoms with E-state index < -0.39 is 65.4 Å². The zero-order valence-corrected chi connectivity index (χ0v) is 34.7. The van der Waals surface area contributed by atoms with Crippen LogP contribution in [-0.2, 0) is 24.5 Å². The molecule has 8 rings (SSSR count). The van der Waals surface area contributed by atoms with Gasteiger partial charge in [-0.15, -0.1) is 6.58 Å². The SMILES string of the molecule is C=CCNC(=O)[C@H]1[C@@H]2C(=O)O[C@@H](c3ccccc3)[C@@H](c3ccccc3)N2[C@@H](c2ccc(OCCO)cc2)[C@]12C(=O)N(C(=O)N[C@H](C)c1ccccc1)c1ccc(C#CCCO)cc12. The first-order chi connectivity index (χ1) is 30.7. The zero-order valence-electron chi connectivity index (χ0n) is 34.7. The quantitative estimate of drug-likeness (QED) is 0.0650. The molecule has 0 saturated carbocycles. The number of urea groups is 1. The molecular formula is C51H48N4O8. The van der Waals surface area contributed by atoms with Crippen LogP contribution in [0.4, 0.5) is 10.5 Å². The van der Waals surface area contributed by atoms with Crippen LogP contribution in [0.3, 0.4) is 0 Å². The normalized spacial score (nSPS) is 22.8. The Labute approximate surface area is 366 Å². The number of ether oxygens (including phenoxy) is 2. The van der Waals surface area contributed by atoms with Gasteiger partial charge in [0.2, 0.25) is 11.8 Å². The number of carbonyl (C=O) groups is 4. The average molecular weight is 845 g/mol. The predicted molar refractivity (Wildman–Crippen MR) is 236 cm³/mol. The van der Waals surface area contributed by atoms with Crippen LogP contribution in [0.25, 0.3) is 0 Å². The molecule has 63 heavy (non-hydrogen) atoms. The van der Waals surface area contributed by atoms with Gasteiger partial charge in [0.05, 0.1) is 42.9 Å². The highest BCUT2D eigenvalue weighted by Crippen LogP contribution is 2.66. The van der Waals surface area contributed by atoms with Gasteiger partial charge >= 0.3 is 12.0 Å². The van der Waals surface area contributed by atoms with E-state index in [1.165, 1.54) is 6.08 Å². The maximum absolute atomic E-state index is 16.3. The molecule has 0 radical (unpaired) electrons. The fourth-order valence-corrected chi connectivity index (χ4v) is 9.47. The van der Waals surface area contributed by atoms with E-state index in [2.05, 4.69) is 29.1 Å². The number of aliphatic hydroxyl groups is 2. The van der Waals surface area contributed by atoms with E-state index in [0.29, 0.717) is 28.0 Å². The van der Waals surface area contributed by atoms with Gasteiger partial charge in [0, 0.05) is 18.5 Å². The molecule has 12 nitrogen and oxygen atoms in total. The summed E-state index contributed by atoms with van der Waals surface area (Å²) in [4.78, 5) is 64.6. The number of morpholine rings is 1. The second kappa shape index (κ2) is 18.5. The summed E-state index contributed by atoms with van der Waals surface area (Å²) in [5.41, 5.74) is 1.87. The number of benzene rings is 5. The third-order valence-electron chi connectivity index (χ3n) is 12.0. The Morgan fingerprint density at radius 2 is 1.52 bits per heavy atom. The van der Waals surface area contributed by atoms with Crippen LogP contribution in [0, 0.1) is 17.8 Å². The lowest BCUT2D eigenvalue weighted by molar-refractivity contribution is -0.178. The number of cyclic esters (lactones) is 1. The number of anilines is 1. The number of hydrogen-bond acceptors (Lipinski definition) is 9. The number of imide groups is 1. The number of carbonyl (C=O) groups excluding carboxylic acids is 4. The molecular weight excluding hydrogens is 797 g/mol. The molecule has 1 spiro atoms. The Hall–Kier alpha value is -7.04. The molecule has 0 aliphatic carbocycles. The lowest BCUT2D eigenvalue weighted by Crippen LogP contribution is -2.56. The Bertz CT molecular complexity index is 2540. The van der Waals surface area contributed by atoms with Crippen LogP contribution >= 0.6 is 0 Å². The minimum atomic E-state index is -1.97. The highest BCUT2D eigenvalue weighted by atomic mass is 16.6. The van der Waals surface area contributed by atoms with Gasteiger partial charge in [0.15, 0.2) is 0 Å². The Balaban J connectivity index is 1.43. The second-order valence-corrected chi connectivity index (χ2v) is 15.7.